The standard InChI is InChI=1S/C21H18ClN5O/c1-12-19-14(13-7-3-4-8-15(13)22)11-18(28)24-20(19)27(25-12)21-23-16-9-5-6-10-17(16)26(21)2/h3-10,14H,11H2,1-2H3,(H,24,28)/t14-/m0/s1. The number of aryl methyl sites for hydroxylation is 2. The zero-order chi connectivity index (χ0) is 19.4. The molecule has 2 aromatic heterocycles. The lowest BCUT2D eigenvalue weighted by Crippen LogP contribution is -2.25. The molecule has 0 saturated carbocycles. The second-order valence-corrected chi connectivity index (χ2v) is 7.45. The summed E-state index contributed by atoms with van der Waals surface area (Å²) >= 11 is 6.45. The van der Waals surface area contributed by atoms with Gasteiger partial charge in [0.05, 0.1) is 16.7 Å². The number of anilines is 1. The first-order valence-electron chi connectivity index (χ1n) is 9.10. The van der Waals surface area contributed by atoms with Crippen molar-refractivity contribution in [3.05, 3.63) is 70.4 Å². The number of hydrogen-bond acceptors (Lipinski definition) is 3. The third-order valence-electron chi connectivity index (χ3n) is 5.34. The van der Waals surface area contributed by atoms with Gasteiger partial charge in [-0.1, -0.05) is 41.9 Å². The number of imidazole rings is 1. The number of carbonyl (C=O) groups is 1. The van der Waals surface area contributed by atoms with Gasteiger partial charge in [0.1, 0.15) is 5.82 Å². The third-order valence-corrected chi connectivity index (χ3v) is 5.68. The topological polar surface area (TPSA) is 64.7 Å². The molecule has 0 radical (unpaired) electrons. The van der Waals surface area contributed by atoms with Crippen LogP contribution in [-0.4, -0.2) is 25.2 Å². The van der Waals surface area contributed by atoms with Gasteiger partial charge >= 0.3 is 0 Å². The fraction of sp³-hybridized carbons (Fsp3) is 0.190. The Labute approximate surface area is 166 Å². The zero-order valence-electron chi connectivity index (χ0n) is 15.5. The highest BCUT2D eigenvalue weighted by Crippen LogP contribution is 2.42. The van der Waals surface area contributed by atoms with Crippen molar-refractivity contribution in [3.63, 3.8) is 0 Å². The van der Waals surface area contributed by atoms with Crippen molar-refractivity contribution in [2.45, 2.75) is 19.3 Å². The second-order valence-electron chi connectivity index (χ2n) is 7.05. The van der Waals surface area contributed by atoms with E-state index < -0.39 is 0 Å². The lowest BCUT2D eigenvalue weighted by atomic mass is 9.86. The molecule has 3 heterocycles. The monoisotopic (exact) mass is 391 g/mol. The molecule has 2 aromatic carbocycles. The molecule has 1 aliphatic rings. The average molecular weight is 392 g/mol. The van der Waals surface area contributed by atoms with Gasteiger partial charge in [-0.15, -0.1) is 0 Å². The van der Waals surface area contributed by atoms with Crippen LogP contribution in [0.2, 0.25) is 5.02 Å². The molecular formula is C21H18ClN5O. The third kappa shape index (κ3) is 2.45. The fourth-order valence-corrected chi connectivity index (χ4v) is 4.30. The van der Waals surface area contributed by atoms with Crippen LogP contribution in [0.1, 0.15) is 29.2 Å². The van der Waals surface area contributed by atoms with Crippen molar-refractivity contribution in [3.8, 4) is 5.95 Å². The van der Waals surface area contributed by atoms with Crippen molar-refractivity contribution in [1.29, 1.82) is 0 Å². The van der Waals surface area contributed by atoms with Gasteiger partial charge in [-0.25, -0.2) is 4.98 Å². The number of rotatable bonds is 2. The molecule has 1 atom stereocenters. The number of halogens is 1. The number of para-hydroxylation sites is 2. The van der Waals surface area contributed by atoms with Crippen molar-refractivity contribution in [2.75, 3.05) is 5.32 Å². The van der Waals surface area contributed by atoms with Gasteiger partial charge in [-0.3, -0.25) is 4.79 Å². The SMILES string of the molecule is Cc1nn(-c2nc3ccccc3n2C)c2c1[C@H](c1ccccc1Cl)CC(=O)N2. The zero-order valence-corrected chi connectivity index (χ0v) is 16.2. The summed E-state index contributed by atoms with van der Waals surface area (Å²) in [6.45, 7) is 1.96. The Balaban J connectivity index is 1.73. The number of carbonyl (C=O) groups excluding carboxylic acids is 1. The van der Waals surface area contributed by atoms with Crippen molar-refractivity contribution >= 4 is 34.4 Å². The van der Waals surface area contributed by atoms with Crippen LogP contribution in [0.4, 0.5) is 5.82 Å². The summed E-state index contributed by atoms with van der Waals surface area (Å²) in [5, 5.41) is 8.39. The molecule has 28 heavy (non-hydrogen) atoms. The van der Waals surface area contributed by atoms with E-state index in [1.54, 1.807) is 4.68 Å². The molecule has 0 unspecified atom stereocenters. The highest BCUT2D eigenvalue weighted by Gasteiger charge is 2.34. The summed E-state index contributed by atoms with van der Waals surface area (Å²) in [5.41, 5.74) is 4.66. The van der Waals surface area contributed by atoms with E-state index >= 15 is 0 Å². The highest BCUT2D eigenvalue weighted by atomic mass is 35.5. The van der Waals surface area contributed by atoms with Crippen LogP contribution in [0.5, 0.6) is 0 Å². The summed E-state index contributed by atoms with van der Waals surface area (Å²) < 4.78 is 3.71. The minimum atomic E-state index is -0.138. The summed E-state index contributed by atoms with van der Waals surface area (Å²) in [6.07, 6.45) is 0.339. The predicted molar refractivity (Wildman–Crippen MR) is 109 cm³/mol. The maximum Gasteiger partial charge on any atom is 0.233 e. The molecule has 1 N–H and O–H groups in total. The van der Waals surface area contributed by atoms with Crippen LogP contribution in [0.15, 0.2) is 48.5 Å². The smallest absolute Gasteiger partial charge is 0.233 e. The molecule has 0 spiro atoms. The molecular weight excluding hydrogens is 374 g/mol. The van der Waals surface area contributed by atoms with Gasteiger partial charge in [-0.05, 0) is 30.7 Å². The lowest BCUT2D eigenvalue weighted by molar-refractivity contribution is -0.116. The van der Waals surface area contributed by atoms with Crippen molar-refractivity contribution in [1.82, 2.24) is 19.3 Å². The molecule has 7 heteroatoms. The molecule has 0 saturated heterocycles. The normalized spacial score (nSPS) is 16.2. The Morgan fingerprint density at radius 2 is 1.89 bits per heavy atom. The van der Waals surface area contributed by atoms with E-state index in [0.717, 1.165) is 27.9 Å². The molecule has 6 nitrogen and oxygen atoms in total. The van der Waals surface area contributed by atoms with E-state index in [-0.39, 0.29) is 11.8 Å². The summed E-state index contributed by atoms with van der Waals surface area (Å²) in [5.74, 6) is 1.13. The van der Waals surface area contributed by atoms with E-state index in [1.807, 2.05) is 67.1 Å². The molecule has 140 valence electrons. The number of aromatic nitrogens is 4. The predicted octanol–water partition coefficient (Wildman–Crippen LogP) is 4.19. The fourth-order valence-electron chi connectivity index (χ4n) is 4.04. The van der Waals surface area contributed by atoms with Crippen LogP contribution in [0, 0.1) is 6.92 Å². The summed E-state index contributed by atoms with van der Waals surface area (Å²) in [7, 11) is 1.95. The van der Waals surface area contributed by atoms with Gasteiger partial charge < -0.3 is 9.88 Å². The number of nitrogens with one attached hydrogen (secondary N) is 1. The maximum atomic E-state index is 12.5. The Morgan fingerprint density at radius 1 is 1.14 bits per heavy atom. The summed E-state index contributed by atoms with van der Waals surface area (Å²) in [6, 6.07) is 15.6. The quantitative estimate of drug-likeness (QED) is 0.557. The van der Waals surface area contributed by atoms with Crippen LogP contribution < -0.4 is 5.32 Å². The van der Waals surface area contributed by atoms with E-state index in [9.17, 15) is 4.79 Å². The van der Waals surface area contributed by atoms with Gasteiger partial charge in [0.2, 0.25) is 11.9 Å². The van der Waals surface area contributed by atoms with Gasteiger partial charge in [0.15, 0.2) is 0 Å². The van der Waals surface area contributed by atoms with Gasteiger partial charge in [0.25, 0.3) is 0 Å². The minimum Gasteiger partial charge on any atom is -0.311 e. The van der Waals surface area contributed by atoms with E-state index in [2.05, 4.69) is 5.32 Å². The van der Waals surface area contributed by atoms with Crippen LogP contribution in [0.3, 0.4) is 0 Å². The van der Waals surface area contributed by atoms with Gasteiger partial charge in [-0.2, -0.15) is 9.78 Å². The average Bonchev–Trinajstić information content (AvgIpc) is 3.19. The molecule has 5 rings (SSSR count). The first-order chi connectivity index (χ1) is 13.5. The molecule has 0 bridgehead atoms. The molecule has 1 amide bonds. The van der Waals surface area contributed by atoms with Crippen LogP contribution in [-0.2, 0) is 11.8 Å². The number of benzene rings is 2. The number of amides is 1. The van der Waals surface area contributed by atoms with Crippen LogP contribution in [0.25, 0.3) is 17.0 Å². The number of nitrogens with zero attached hydrogens (tertiary/aromatic N) is 4. The number of fused-ring (bicyclic) bond motifs is 2. The largest absolute Gasteiger partial charge is 0.311 e. The second kappa shape index (κ2) is 6.21. The molecule has 4 aromatic rings. The first kappa shape index (κ1) is 17.0. The van der Waals surface area contributed by atoms with Crippen LogP contribution >= 0.6 is 11.6 Å². The van der Waals surface area contributed by atoms with Crippen molar-refractivity contribution in [2.24, 2.45) is 7.05 Å². The molecule has 0 aliphatic carbocycles. The first-order valence-corrected chi connectivity index (χ1v) is 9.48. The van der Waals surface area contributed by atoms with E-state index in [4.69, 9.17) is 21.7 Å². The lowest BCUT2D eigenvalue weighted by Gasteiger charge is -2.25. The molecule has 1 aliphatic heterocycles. The highest BCUT2D eigenvalue weighted by molar-refractivity contribution is 6.31. The van der Waals surface area contributed by atoms with Gasteiger partial charge in [0, 0.05) is 30.0 Å². The Hall–Kier alpha value is -3.12. The Kier molecular flexibility index (Phi) is 3.77. The van der Waals surface area contributed by atoms with E-state index in [1.165, 1.54) is 0 Å². The Morgan fingerprint density at radius 3 is 2.68 bits per heavy atom. The Bertz CT molecular complexity index is 1240. The maximum absolute atomic E-state index is 12.5. The minimum absolute atomic E-state index is 0.0580. The molecule has 0 fully saturated rings. The number of hydrogen-bond donors (Lipinski definition) is 1. The summed E-state index contributed by atoms with van der Waals surface area (Å²) in [4.78, 5) is 17.3. The van der Waals surface area contributed by atoms with E-state index in [0.29, 0.717) is 23.2 Å². The van der Waals surface area contributed by atoms with Crippen molar-refractivity contribution < 1.29 is 4.79 Å².